The maximum atomic E-state index is 12.4. The average Bonchev–Trinajstić information content (AvgIpc) is 2.93. The summed E-state index contributed by atoms with van der Waals surface area (Å²) < 4.78 is 0. The number of carbonyl (C=O) groups is 3. The van der Waals surface area contributed by atoms with Gasteiger partial charge in [-0.2, -0.15) is 10.3 Å². The van der Waals surface area contributed by atoms with Crippen molar-refractivity contribution in [3.63, 3.8) is 0 Å². The highest BCUT2D eigenvalue weighted by molar-refractivity contribution is 6.22. The molecule has 0 fully saturated rings. The molecule has 0 unspecified atom stereocenters. The Kier molecular flexibility index (Phi) is 4.57. The fourth-order valence-electron chi connectivity index (χ4n) is 2.54. The minimum atomic E-state index is -1.19. The van der Waals surface area contributed by atoms with Crippen LogP contribution in [0, 0.1) is 21.4 Å². The largest absolute Gasteiger partial charge is 0.506 e. The first-order chi connectivity index (χ1) is 13.3. The molecule has 0 radical (unpaired) electrons. The second-order valence-electron chi connectivity index (χ2n) is 5.57. The van der Waals surface area contributed by atoms with Gasteiger partial charge in [-0.15, -0.1) is 0 Å². The topological polar surface area (TPSA) is 154 Å². The number of nitro benzene ring substituents is 1. The monoisotopic (exact) mass is 378 g/mol. The van der Waals surface area contributed by atoms with Crippen molar-refractivity contribution < 1.29 is 24.4 Å². The van der Waals surface area contributed by atoms with Gasteiger partial charge in [0.2, 0.25) is 0 Å². The lowest BCUT2D eigenvalue weighted by molar-refractivity contribution is -0.384. The van der Waals surface area contributed by atoms with Crippen LogP contribution in [0.1, 0.15) is 26.3 Å². The van der Waals surface area contributed by atoms with Crippen molar-refractivity contribution in [3.05, 3.63) is 80.9 Å². The van der Waals surface area contributed by atoms with Gasteiger partial charge in [-0.25, -0.2) is 0 Å². The molecule has 10 heteroatoms. The van der Waals surface area contributed by atoms with Crippen molar-refractivity contribution in [2.45, 2.75) is 0 Å². The van der Waals surface area contributed by atoms with Crippen LogP contribution in [0.25, 0.3) is 5.76 Å². The third-order valence-corrected chi connectivity index (χ3v) is 3.93. The number of imide groups is 1. The first-order valence-electron chi connectivity index (χ1n) is 7.72. The highest BCUT2D eigenvalue weighted by Crippen LogP contribution is 2.22. The van der Waals surface area contributed by atoms with Gasteiger partial charge in [0, 0.05) is 17.7 Å². The number of hydrazine groups is 1. The highest BCUT2D eigenvalue weighted by Gasteiger charge is 2.37. The quantitative estimate of drug-likeness (QED) is 0.205. The van der Waals surface area contributed by atoms with Gasteiger partial charge in [0.25, 0.3) is 23.4 Å². The number of nitrogens with zero attached hydrogens (tertiary/aromatic N) is 3. The number of hydrogen-bond acceptors (Lipinski definition) is 7. The number of aliphatic hydroxyl groups excluding tert-OH is 1. The van der Waals surface area contributed by atoms with E-state index in [1.807, 2.05) is 5.43 Å². The first kappa shape index (κ1) is 18.3. The summed E-state index contributed by atoms with van der Waals surface area (Å²) in [7, 11) is 0. The molecule has 0 spiro atoms. The number of hydrogen-bond donors (Lipinski definition) is 2. The number of fused-ring (bicyclic) bond motifs is 1. The number of nitrogens with one attached hydrogen (secondary N) is 1. The zero-order valence-electron chi connectivity index (χ0n) is 13.9. The summed E-state index contributed by atoms with van der Waals surface area (Å²) in [5, 5.41) is 30.5. The molecule has 3 amide bonds. The molecule has 138 valence electrons. The van der Waals surface area contributed by atoms with E-state index in [2.05, 4.69) is 0 Å². The highest BCUT2D eigenvalue weighted by atomic mass is 16.6. The van der Waals surface area contributed by atoms with Crippen molar-refractivity contribution in [1.82, 2.24) is 10.4 Å². The first-order valence-corrected chi connectivity index (χ1v) is 7.72. The third-order valence-electron chi connectivity index (χ3n) is 3.93. The fraction of sp³-hybridized carbons (Fsp3) is 0. The number of rotatable bonds is 4. The summed E-state index contributed by atoms with van der Waals surface area (Å²) >= 11 is 0. The molecule has 2 aromatic carbocycles. The summed E-state index contributed by atoms with van der Waals surface area (Å²) in [5.74, 6) is -3.50. The molecular formula is C18H10N4O6. The standard InChI is InChI=1S/C18H10N4O6/c19-9-14(15(23)10-5-7-11(8-6-10)22(27)28)16(24)20-21-17(25)12-3-1-2-4-13(12)18(21)26/h1-8,23H,(H,20,24). The fourth-order valence-corrected chi connectivity index (χ4v) is 2.54. The van der Waals surface area contributed by atoms with Crippen LogP contribution < -0.4 is 5.43 Å². The Morgan fingerprint density at radius 2 is 1.61 bits per heavy atom. The molecular weight excluding hydrogens is 368 g/mol. The van der Waals surface area contributed by atoms with E-state index < -0.39 is 34.0 Å². The second kappa shape index (κ2) is 7.00. The Morgan fingerprint density at radius 3 is 2.07 bits per heavy atom. The maximum Gasteiger partial charge on any atom is 0.284 e. The van der Waals surface area contributed by atoms with Crippen molar-refractivity contribution in [1.29, 1.82) is 5.26 Å². The summed E-state index contributed by atoms with van der Waals surface area (Å²) in [5.41, 5.74) is 1.14. The van der Waals surface area contributed by atoms with Crippen molar-refractivity contribution in [2.24, 2.45) is 0 Å². The predicted molar refractivity (Wildman–Crippen MR) is 93.3 cm³/mol. The molecule has 0 bridgehead atoms. The van der Waals surface area contributed by atoms with E-state index in [-0.39, 0.29) is 22.4 Å². The molecule has 0 aliphatic carbocycles. The summed E-state index contributed by atoms with van der Waals surface area (Å²) in [6.07, 6.45) is 0. The average molecular weight is 378 g/mol. The van der Waals surface area contributed by atoms with Gasteiger partial charge in [0.15, 0.2) is 5.57 Å². The lowest BCUT2D eigenvalue weighted by Gasteiger charge is -2.15. The Morgan fingerprint density at radius 1 is 1.07 bits per heavy atom. The van der Waals surface area contributed by atoms with E-state index in [0.717, 1.165) is 24.3 Å². The van der Waals surface area contributed by atoms with Crippen molar-refractivity contribution >= 4 is 29.2 Å². The molecule has 0 saturated carbocycles. The molecule has 1 aliphatic heterocycles. The lowest BCUT2D eigenvalue weighted by atomic mass is 10.1. The Hall–Kier alpha value is -4.52. The smallest absolute Gasteiger partial charge is 0.284 e. The molecule has 10 nitrogen and oxygen atoms in total. The number of nitriles is 1. The summed E-state index contributed by atoms with van der Waals surface area (Å²) in [6, 6.07) is 11.9. The number of carbonyl (C=O) groups excluding carboxylic acids is 3. The molecule has 3 rings (SSSR count). The van der Waals surface area contributed by atoms with E-state index in [0.29, 0.717) is 5.01 Å². The Balaban J connectivity index is 1.87. The molecule has 0 saturated heterocycles. The zero-order chi connectivity index (χ0) is 20.4. The molecule has 2 N–H and O–H groups in total. The van der Waals surface area contributed by atoms with Crippen LogP contribution in [-0.4, -0.2) is 32.8 Å². The van der Waals surface area contributed by atoms with Gasteiger partial charge < -0.3 is 5.11 Å². The SMILES string of the molecule is N#CC(C(=O)NN1C(=O)c2ccccc2C1=O)=C(O)c1ccc([N+](=O)[O-])cc1. The van der Waals surface area contributed by atoms with E-state index in [1.165, 1.54) is 18.2 Å². The van der Waals surface area contributed by atoms with Gasteiger partial charge in [0.05, 0.1) is 16.1 Å². The van der Waals surface area contributed by atoms with Gasteiger partial charge >= 0.3 is 0 Å². The normalized spacial score (nSPS) is 13.5. The van der Waals surface area contributed by atoms with Gasteiger partial charge in [-0.3, -0.25) is 29.9 Å². The number of benzene rings is 2. The van der Waals surface area contributed by atoms with E-state index in [4.69, 9.17) is 0 Å². The molecule has 2 aromatic rings. The van der Waals surface area contributed by atoms with Crippen molar-refractivity contribution in [3.8, 4) is 6.07 Å². The molecule has 1 aliphatic rings. The van der Waals surface area contributed by atoms with Crippen LogP contribution in [0.3, 0.4) is 0 Å². The van der Waals surface area contributed by atoms with Crippen LogP contribution in [0.15, 0.2) is 54.1 Å². The number of amides is 3. The maximum absolute atomic E-state index is 12.4. The van der Waals surface area contributed by atoms with Crippen LogP contribution in [-0.2, 0) is 4.79 Å². The van der Waals surface area contributed by atoms with Crippen LogP contribution >= 0.6 is 0 Å². The van der Waals surface area contributed by atoms with Crippen LogP contribution in [0.5, 0.6) is 0 Å². The minimum Gasteiger partial charge on any atom is -0.506 e. The third kappa shape index (κ3) is 3.04. The lowest BCUT2D eigenvalue weighted by Crippen LogP contribution is -2.46. The van der Waals surface area contributed by atoms with E-state index >= 15 is 0 Å². The van der Waals surface area contributed by atoms with Gasteiger partial charge in [-0.1, -0.05) is 12.1 Å². The number of nitro groups is 1. The molecule has 1 heterocycles. The van der Waals surface area contributed by atoms with Crippen molar-refractivity contribution in [2.75, 3.05) is 0 Å². The Labute approximate surface area is 157 Å². The summed E-state index contributed by atoms with van der Waals surface area (Å²) in [4.78, 5) is 46.9. The summed E-state index contributed by atoms with van der Waals surface area (Å²) in [6.45, 7) is 0. The molecule has 0 aromatic heterocycles. The minimum absolute atomic E-state index is 0.0281. The number of non-ortho nitro benzene ring substituents is 1. The van der Waals surface area contributed by atoms with E-state index in [9.17, 15) is 34.9 Å². The zero-order valence-corrected chi connectivity index (χ0v) is 13.9. The van der Waals surface area contributed by atoms with E-state index in [1.54, 1.807) is 12.1 Å². The predicted octanol–water partition coefficient (Wildman–Crippen LogP) is 1.71. The van der Waals surface area contributed by atoms with Crippen LogP contribution in [0.4, 0.5) is 5.69 Å². The second-order valence-corrected chi connectivity index (χ2v) is 5.57. The van der Waals surface area contributed by atoms with Gasteiger partial charge in [-0.05, 0) is 24.3 Å². The van der Waals surface area contributed by atoms with Gasteiger partial charge in [0.1, 0.15) is 11.8 Å². The number of aliphatic hydroxyl groups is 1. The Bertz CT molecular complexity index is 1060. The molecule has 0 atom stereocenters. The molecule has 28 heavy (non-hydrogen) atoms. The van der Waals surface area contributed by atoms with Crippen LogP contribution in [0.2, 0.25) is 0 Å².